The zero-order valence-corrected chi connectivity index (χ0v) is 17.5. The number of nitrogens with one attached hydrogen (secondary N) is 1. The zero-order chi connectivity index (χ0) is 21.5. The van der Waals surface area contributed by atoms with Crippen molar-refractivity contribution >= 4 is 23.5 Å². The van der Waals surface area contributed by atoms with Crippen molar-refractivity contribution in [2.24, 2.45) is 0 Å². The van der Waals surface area contributed by atoms with E-state index in [-0.39, 0.29) is 36.5 Å². The molecule has 160 valence electrons. The number of aromatic amines is 1. The lowest BCUT2D eigenvalue weighted by molar-refractivity contribution is -0.145. The predicted octanol–water partition coefficient (Wildman–Crippen LogP) is 2.74. The third-order valence-electron chi connectivity index (χ3n) is 5.40. The van der Waals surface area contributed by atoms with Crippen LogP contribution >= 0.6 is 0 Å². The van der Waals surface area contributed by atoms with E-state index in [0.717, 1.165) is 24.2 Å². The summed E-state index contributed by atoms with van der Waals surface area (Å²) < 4.78 is 4.87. The maximum absolute atomic E-state index is 12.7. The number of likely N-dealkylation sites (tertiary alicyclic amines) is 1. The van der Waals surface area contributed by atoms with Gasteiger partial charge in [-0.25, -0.2) is 0 Å². The van der Waals surface area contributed by atoms with Crippen molar-refractivity contribution in [3.8, 4) is 0 Å². The molecule has 0 saturated carbocycles. The lowest BCUT2D eigenvalue weighted by atomic mass is 9.93. The normalized spacial score (nSPS) is 14.4. The van der Waals surface area contributed by atoms with Crippen LogP contribution in [0.15, 0.2) is 36.4 Å². The summed E-state index contributed by atoms with van der Waals surface area (Å²) in [5, 5.41) is 7.21. The van der Waals surface area contributed by atoms with Crippen LogP contribution in [0.1, 0.15) is 54.7 Å². The van der Waals surface area contributed by atoms with Gasteiger partial charge in [-0.1, -0.05) is 18.2 Å². The quantitative estimate of drug-likeness (QED) is 0.706. The molecule has 1 N–H and O–H groups in total. The zero-order valence-electron chi connectivity index (χ0n) is 17.5. The second-order valence-corrected chi connectivity index (χ2v) is 7.37. The number of benzene rings is 1. The molecule has 1 saturated heterocycles. The van der Waals surface area contributed by atoms with E-state index in [9.17, 15) is 14.4 Å². The number of hydrogen-bond donors (Lipinski definition) is 1. The first-order valence-electron chi connectivity index (χ1n) is 10.3. The Morgan fingerprint density at radius 1 is 1.17 bits per heavy atom. The number of amides is 2. The molecule has 1 fully saturated rings. The molecule has 1 aliphatic heterocycles. The lowest BCUT2D eigenvalue weighted by Crippen LogP contribution is -2.38. The first kappa shape index (κ1) is 21.5. The largest absolute Gasteiger partial charge is 0.466 e. The molecule has 2 heterocycles. The number of para-hydroxylation sites is 1. The van der Waals surface area contributed by atoms with Gasteiger partial charge < -0.3 is 14.5 Å². The molecule has 3 rings (SSSR count). The third-order valence-corrected chi connectivity index (χ3v) is 5.40. The average Bonchev–Trinajstić information content (AvgIpc) is 3.27. The number of carbonyl (C=O) groups excluding carboxylic acids is 3. The first-order chi connectivity index (χ1) is 14.5. The highest BCUT2D eigenvalue weighted by Crippen LogP contribution is 2.28. The number of ether oxygens (including phenoxy) is 1. The van der Waals surface area contributed by atoms with Crippen molar-refractivity contribution in [2.45, 2.75) is 38.5 Å². The number of carbonyl (C=O) groups is 3. The van der Waals surface area contributed by atoms with Crippen molar-refractivity contribution in [1.82, 2.24) is 15.1 Å². The second kappa shape index (κ2) is 10.0. The summed E-state index contributed by atoms with van der Waals surface area (Å²) in [7, 11) is 1.73. The first-order valence-corrected chi connectivity index (χ1v) is 10.3. The van der Waals surface area contributed by atoms with Gasteiger partial charge in [-0.3, -0.25) is 19.5 Å². The van der Waals surface area contributed by atoms with Crippen LogP contribution < -0.4 is 4.90 Å². The highest BCUT2D eigenvalue weighted by molar-refractivity contribution is 6.04. The van der Waals surface area contributed by atoms with E-state index in [0.29, 0.717) is 25.4 Å². The minimum absolute atomic E-state index is 0.0218. The number of anilines is 1. The molecule has 1 aromatic carbocycles. The van der Waals surface area contributed by atoms with Crippen LogP contribution in [0.4, 0.5) is 5.69 Å². The summed E-state index contributed by atoms with van der Waals surface area (Å²) in [6.45, 7) is 3.32. The average molecular weight is 412 g/mol. The number of hydrogen-bond acceptors (Lipinski definition) is 5. The predicted molar refractivity (Wildman–Crippen MR) is 112 cm³/mol. The van der Waals surface area contributed by atoms with Gasteiger partial charge in [0.2, 0.25) is 5.91 Å². The number of aromatic nitrogens is 2. The minimum Gasteiger partial charge on any atom is -0.466 e. The van der Waals surface area contributed by atoms with E-state index in [1.807, 2.05) is 36.4 Å². The van der Waals surface area contributed by atoms with Crippen molar-refractivity contribution in [3.63, 3.8) is 0 Å². The highest BCUT2D eigenvalue weighted by atomic mass is 16.5. The Hall–Kier alpha value is -3.16. The lowest BCUT2D eigenvalue weighted by Gasteiger charge is -2.31. The van der Waals surface area contributed by atoms with Gasteiger partial charge in [-0.05, 0) is 38.0 Å². The van der Waals surface area contributed by atoms with Gasteiger partial charge in [0.05, 0.1) is 13.0 Å². The summed E-state index contributed by atoms with van der Waals surface area (Å²) in [4.78, 5) is 39.8. The van der Waals surface area contributed by atoms with Crippen LogP contribution in [0.5, 0.6) is 0 Å². The molecule has 1 aliphatic rings. The summed E-state index contributed by atoms with van der Waals surface area (Å²) in [6.07, 6.45) is 1.87. The molecule has 0 bridgehead atoms. The van der Waals surface area contributed by atoms with Gasteiger partial charge in [-0.15, -0.1) is 0 Å². The van der Waals surface area contributed by atoms with Crippen molar-refractivity contribution < 1.29 is 19.1 Å². The van der Waals surface area contributed by atoms with Gasteiger partial charge in [-0.2, -0.15) is 5.10 Å². The van der Waals surface area contributed by atoms with Crippen LogP contribution in [0.25, 0.3) is 0 Å². The molecule has 8 nitrogen and oxygen atoms in total. The maximum atomic E-state index is 12.7. The molecule has 0 unspecified atom stereocenters. The second-order valence-electron chi connectivity index (χ2n) is 7.37. The van der Waals surface area contributed by atoms with Gasteiger partial charge in [0.1, 0.15) is 0 Å². The van der Waals surface area contributed by atoms with Crippen molar-refractivity contribution in [1.29, 1.82) is 0 Å². The van der Waals surface area contributed by atoms with Gasteiger partial charge in [0.25, 0.3) is 5.91 Å². The topological polar surface area (TPSA) is 95.6 Å². The summed E-state index contributed by atoms with van der Waals surface area (Å²) >= 11 is 0. The Morgan fingerprint density at radius 3 is 2.53 bits per heavy atom. The molecule has 0 spiro atoms. The maximum Gasteiger partial charge on any atom is 0.306 e. The molecule has 2 amide bonds. The summed E-state index contributed by atoms with van der Waals surface area (Å²) in [5.74, 6) is -0.312. The minimum atomic E-state index is -0.337. The number of esters is 1. The SMILES string of the molecule is CCOC(=O)CCC(=O)N1CCC(c2cc(C(=O)N(C)c3ccccc3)n[nH]2)CC1. The fourth-order valence-electron chi connectivity index (χ4n) is 3.64. The molecular weight excluding hydrogens is 384 g/mol. The van der Waals surface area contributed by atoms with Gasteiger partial charge >= 0.3 is 5.97 Å². The Bertz CT molecular complexity index is 872. The number of rotatable bonds is 7. The van der Waals surface area contributed by atoms with Crippen LogP contribution in [0.2, 0.25) is 0 Å². The fourth-order valence-corrected chi connectivity index (χ4v) is 3.64. The van der Waals surface area contributed by atoms with E-state index in [1.54, 1.807) is 23.8 Å². The van der Waals surface area contributed by atoms with Crippen molar-refractivity contribution in [3.05, 3.63) is 47.8 Å². The Labute approximate surface area is 176 Å². The van der Waals surface area contributed by atoms with Gasteiger partial charge in [0.15, 0.2) is 5.69 Å². The monoisotopic (exact) mass is 412 g/mol. The Morgan fingerprint density at radius 2 is 1.87 bits per heavy atom. The molecule has 1 aromatic heterocycles. The molecule has 0 radical (unpaired) electrons. The molecule has 0 aliphatic carbocycles. The fraction of sp³-hybridized carbons (Fsp3) is 0.455. The molecule has 0 atom stereocenters. The van der Waals surface area contributed by atoms with Crippen LogP contribution in [-0.2, 0) is 14.3 Å². The smallest absolute Gasteiger partial charge is 0.306 e. The van der Waals surface area contributed by atoms with E-state index in [4.69, 9.17) is 4.74 Å². The third kappa shape index (κ3) is 5.25. The number of nitrogens with zero attached hydrogens (tertiary/aromatic N) is 3. The highest BCUT2D eigenvalue weighted by Gasteiger charge is 2.26. The van der Waals surface area contributed by atoms with E-state index < -0.39 is 0 Å². The van der Waals surface area contributed by atoms with Crippen molar-refractivity contribution in [2.75, 3.05) is 31.6 Å². The van der Waals surface area contributed by atoms with E-state index in [1.165, 1.54) is 0 Å². The molecule has 8 heteroatoms. The summed E-state index contributed by atoms with van der Waals surface area (Å²) in [5.41, 5.74) is 2.10. The number of piperidine rings is 1. The van der Waals surface area contributed by atoms with E-state index in [2.05, 4.69) is 10.2 Å². The standard InChI is InChI=1S/C22H28N4O4/c1-3-30-21(28)10-9-20(27)26-13-11-16(12-14-26)18-15-19(24-23-18)22(29)25(2)17-7-5-4-6-8-17/h4-8,15-16H,3,9-14H2,1-2H3,(H,23,24). The van der Waals surface area contributed by atoms with Gasteiger partial charge in [0, 0.05) is 43.9 Å². The van der Waals surface area contributed by atoms with Crippen LogP contribution in [-0.4, -0.2) is 59.6 Å². The molecule has 2 aromatic rings. The van der Waals surface area contributed by atoms with E-state index >= 15 is 0 Å². The Balaban J connectivity index is 1.52. The van der Waals surface area contributed by atoms with Crippen LogP contribution in [0.3, 0.4) is 0 Å². The molecule has 30 heavy (non-hydrogen) atoms. The molecular formula is C22H28N4O4. The Kier molecular flexibility index (Phi) is 7.21. The number of H-pyrrole nitrogens is 1. The summed E-state index contributed by atoms with van der Waals surface area (Å²) in [6, 6.07) is 11.2. The van der Waals surface area contributed by atoms with Crippen LogP contribution in [0, 0.1) is 0 Å².